The topological polar surface area (TPSA) is 71.3 Å². The van der Waals surface area contributed by atoms with Gasteiger partial charge in [0.05, 0.1) is 17.7 Å². The van der Waals surface area contributed by atoms with Crippen molar-refractivity contribution in [1.29, 1.82) is 5.26 Å². The van der Waals surface area contributed by atoms with Gasteiger partial charge in [0.25, 0.3) is 5.91 Å². The molecule has 0 saturated carbocycles. The van der Waals surface area contributed by atoms with Crippen molar-refractivity contribution in [3.8, 4) is 17.6 Å². The van der Waals surface area contributed by atoms with Crippen molar-refractivity contribution in [2.45, 2.75) is 33.8 Å². The van der Waals surface area contributed by atoms with Gasteiger partial charge in [0.2, 0.25) is 0 Å². The number of hydrogen-bond donors (Lipinski definition) is 1. The molecule has 0 atom stereocenters. The van der Waals surface area contributed by atoms with Gasteiger partial charge in [0, 0.05) is 5.69 Å². The zero-order chi connectivity index (χ0) is 20.7. The Morgan fingerprint density at radius 3 is 2.54 bits per heavy atom. The first-order chi connectivity index (χ1) is 13.3. The number of aryl methyl sites for hydroxylation is 1. The minimum Gasteiger partial charge on any atom is -0.490 e. The fraction of sp³-hybridized carbons (Fsp3) is 0.273. The van der Waals surface area contributed by atoms with Crippen LogP contribution in [0.2, 0.25) is 5.02 Å². The second-order valence-corrected chi connectivity index (χ2v) is 6.83. The summed E-state index contributed by atoms with van der Waals surface area (Å²) >= 11 is 6.35. The third-order valence-corrected chi connectivity index (χ3v) is 3.95. The second-order valence-electron chi connectivity index (χ2n) is 6.42. The van der Waals surface area contributed by atoms with E-state index in [0.717, 1.165) is 5.56 Å². The lowest BCUT2D eigenvalue weighted by atomic mass is 10.1. The number of hydrogen-bond acceptors (Lipinski definition) is 4. The van der Waals surface area contributed by atoms with Gasteiger partial charge in [-0.15, -0.1) is 0 Å². The Balaban J connectivity index is 2.33. The number of nitriles is 1. The molecule has 0 spiro atoms. The molecule has 0 saturated heterocycles. The molecular formula is C22H23ClN2O3. The zero-order valence-electron chi connectivity index (χ0n) is 16.4. The fourth-order valence-corrected chi connectivity index (χ4v) is 2.70. The van der Waals surface area contributed by atoms with Gasteiger partial charge in [0.1, 0.15) is 11.6 Å². The average molecular weight is 399 g/mol. The Bertz CT molecular complexity index is 913. The number of carbonyl (C=O) groups excluding carboxylic acids is 1. The predicted molar refractivity (Wildman–Crippen MR) is 112 cm³/mol. The van der Waals surface area contributed by atoms with Crippen LogP contribution >= 0.6 is 11.6 Å². The van der Waals surface area contributed by atoms with Crippen molar-refractivity contribution in [3.63, 3.8) is 0 Å². The van der Waals surface area contributed by atoms with Crippen molar-refractivity contribution >= 4 is 29.3 Å². The predicted octanol–water partition coefficient (Wildman–Crippen LogP) is 5.38. The molecular weight excluding hydrogens is 376 g/mol. The summed E-state index contributed by atoms with van der Waals surface area (Å²) < 4.78 is 11.3. The molecule has 0 aliphatic rings. The molecule has 6 heteroatoms. The van der Waals surface area contributed by atoms with Crippen molar-refractivity contribution in [1.82, 2.24) is 0 Å². The van der Waals surface area contributed by atoms with Crippen LogP contribution in [-0.4, -0.2) is 18.6 Å². The Kier molecular flexibility index (Phi) is 7.48. The van der Waals surface area contributed by atoms with Crippen molar-refractivity contribution in [3.05, 3.63) is 58.1 Å². The number of carbonyl (C=O) groups is 1. The molecule has 2 aromatic rings. The molecule has 0 aromatic heterocycles. The third-order valence-electron chi connectivity index (χ3n) is 3.67. The third kappa shape index (κ3) is 5.77. The maximum Gasteiger partial charge on any atom is 0.266 e. The molecule has 0 bridgehead atoms. The fourth-order valence-electron chi connectivity index (χ4n) is 2.43. The molecule has 5 nitrogen and oxygen atoms in total. The Hall–Kier alpha value is -2.97. The summed E-state index contributed by atoms with van der Waals surface area (Å²) in [5.41, 5.74) is 2.22. The van der Waals surface area contributed by atoms with E-state index in [1.807, 2.05) is 45.9 Å². The summed E-state index contributed by atoms with van der Waals surface area (Å²) in [4.78, 5) is 12.5. The molecule has 28 heavy (non-hydrogen) atoms. The second kappa shape index (κ2) is 9.82. The molecule has 0 aliphatic carbocycles. The minimum absolute atomic E-state index is 0.0448. The van der Waals surface area contributed by atoms with E-state index in [9.17, 15) is 10.1 Å². The SMILES string of the molecule is CCOc1cc(/C=C(\C#N)C(=O)Nc2ccc(C)cc2)cc(Cl)c1OC(C)C. The van der Waals surface area contributed by atoms with Crippen molar-refractivity contribution in [2.75, 3.05) is 11.9 Å². The summed E-state index contributed by atoms with van der Waals surface area (Å²) in [6.07, 6.45) is 1.39. The van der Waals surface area contributed by atoms with Crippen LogP contribution in [0.5, 0.6) is 11.5 Å². The van der Waals surface area contributed by atoms with Crippen LogP contribution in [0.4, 0.5) is 5.69 Å². The highest BCUT2D eigenvalue weighted by atomic mass is 35.5. The summed E-state index contributed by atoms with van der Waals surface area (Å²) in [6, 6.07) is 12.6. The van der Waals surface area contributed by atoms with Gasteiger partial charge < -0.3 is 14.8 Å². The van der Waals surface area contributed by atoms with Gasteiger partial charge in [-0.3, -0.25) is 4.79 Å². The summed E-state index contributed by atoms with van der Waals surface area (Å²) in [7, 11) is 0. The first kappa shape index (κ1) is 21.3. The Morgan fingerprint density at radius 1 is 1.29 bits per heavy atom. The molecule has 146 valence electrons. The van der Waals surface area contributed by atoms with E-state index >= 15 is 0 Å². The number of rotatable bonds is 7. The number of nitrogens with one attached hydrogen (secondary N) is 1. The molecule has 2 rings (SSSR count). The smallest absolute Gasteiger partial charge is 0.266 e. The lowest BCUT2D eigenvalue weighted by Crippen LogP contribution is -2.13. The van der Waals surface area contributed by atoms with Gasteiger partial charge in [-0.2, -0.15) is 5.26 Å². The number of benzene rings is 2. The highest BCUT2D eigenvalue weighted by Crippen LogP contribution is 2.38. The summed E-state index contributed by atoms with van der Waals surface area (Å²) in [5, 5.41) is 12.5. The quantitative estimate of drug-likeness (QED) is 0.502. The van der Waals surface area contributed by atoms with Crippen LogP contribution in [0.15, 0.2) is 42.0 Å². The van der Waals surface area contributed by atoms with Gasteiger partial charge >= 0.3 is 0 Å². The highest BCUT2D eigenvalue weighted by Gasteiger charge is 2.15. The molecule has 2 aromatic carbocycles. The molecule has 0 aliphatic heterocycles. The van der Waals surface area contributed by atoms with Crippen molar-refractivity contribution < 1.29 is 14.3 Å². The number of nitrogens with zero attached hydrogens (tertiary/aromatic N) is 1. The molecule has 0 unspecified atom stereocenters. The zero-order valence-corrected chi connectivity index (χ0v) is 17.1. The van der Waals surface area contributed by atoms with E-state index in [4.69, 9.17) is 21.1 Å². The van der Waals surface area contributed by atoms with Gasteiger partial charge in [-0.1, -0.05) is 29.3 Å². The molecule has 1 amide bonds. The number of amides is 1. The van der Waals surface area contributed by atoms with Gasteiger partial charge in [0.15, 0.2) is 11.5 Å². The van der Waals surface area contributed by atoms with Crippen LogP contribution < -0.4 is 14.8 Å². The van der Waals surface area contributed by atoms with E-state index in [0.29, 0.717) is 34.4 Å². The summed E-state index contributed by atoms with van der Waals surface area (Å²) in [6.45, 7) is 8.02. The van der Waals surface area contributed by atoms with Gasteiger partial charge in [-0.05, 0) is 63.6 Å². The number of ether oxygens (including phenoxy) is 2. The number of halogens is 1. The van der Waals surface area contributed by atoms with Crippen LogP contribution in [0.1, 0.15) is 31.9 Å². The Morgan fingerprint density at radius 2 is 1.96 bits per heavy atom. The molecule has 0 fully saturated rings. The van der Waals surface area contributed by atoms with E-state index in [1.165, 1.54) is 6.08 Å². The number of anilines is 1. The molecule has 0 radical (unpaired) electrons. The first-order valence-corrected chi connectivity index (χ1v) is 9.34. The normalized spacial score (nSPS) is 11.1. The van der Waals surface area contributed by atoms with Crippen molar-refractivity contribution in [2.24, 2.45) is 0 Å². The monoisotopic (exact) mass is 398 g/mol. The van der Waals surface area contributed by atoms with Crippen LogP contribution in [-0.2, 0) is 4.79 Å². The van der Waals surface area contributed by atoms with E-state index < -0.39 is 5.91 Å². The Labute approximate surface area is 170 Å². The standard InChI is InChI=1S/C22H23ClN2O3/c1-5-27-20-12-16(11-19(23)21(20)28-14(2)3)10-17(13-24)22(26)25-18-8-6-15(4)7-9-18/h6-12,14H,5H2,1-4H3,(H,25,26)/b17-10+. The van der Waals surface area contributed by atoms with Crippen LogP contribution in [0.25, 0.3) is 6.08 Å². The first-order valence-electron chi connectivity index (χ1n) is 8.96. The average Bonchev–Trinajstić information content (AvgIpc) is 2.64. The summed E-state index contributed by atoms with van der Waals surface area (Å²) in [5.74, 6) is 0.410. The van der Waals surface area contributed by atoms with E-state index in [2.05, 4.69) is 5.32 Å². The lowest BCUT2D eigenvalue weighted by molar-refractivity contribution is -0.112. The maximum atomic E-state index is 12.5. The molecule has 1 N–H and O–H groups in total. The van der Waals surface area contributed by atoms with E-state index in [-0.39, 0.29) is 11.7 Å². The van der Waals surface area contributed by atoms with Crippen LogP contribution in [0, 0.1) is 18.3 Å². The largest absolute Gasteiger partial charge is 0.490 e. The maximum absolute atomic E-state index is 12.5. The lowest BCUT2D eigenvalue weighted by Gasteiger charge is -2.16. The van der Waals surface area contributed by atoms with Crippen LogP contribution in [0.3, 0.4) is 0 Å². The van der Waals surface area contributed by atoms with E-state index in [1.54, 1.807) is 24.3 Å². The van der Waals surface area contributed by atoms with Gasteiger partial charge in [-0.25, -0.2) is 0 Å². The highest BCUT2D eigenvalue weighted by molar-refractivity contribution is 6.32. The molecule has 0 heterocycles. The minimum atomic E-state index is -0.497.